The maximum absolute atomic E-state index is 9.04. The van der Waals surface area contributed by atoms with Crippen molar-refractivity contribution in [1.29, 1.82) is 0 Å². The zero-order chi connectivity index (χ0) is 11.2. The summed E-state index contributed by atoms with van der Waals surface area (Å²) in [4.78, 5) is 18.1. The number of carbonyl (C=O) groups excluding carboxylic acids is 2. The summed E-state index contributed by atoms with van der Waals surface area (Å²) in [5.41, 5.74) is 8.57. The van der Waals surface area contributed by atoms with Crippen molar-refractivity contribution in [2.24, 2.45) is 11.5 Å². The van der Waals surface area contributed by atoms with Gasteiger partial charge in [0.05, 0.1) is 10.5 Å². The minimum absolute atomic E-state index is 0. The molecule has 0 aliphatic rings. The van der Waals surface area contributed by atoms with Crippen molar-refractivity contribution in [2.75, 3.05) is 0 Å². The maximum Gasteiger partial charge on any atom is 2.00 e. The molecule has 0 saturated carbocycles. The molecule has 4 N–H and O–H groups in total. The van der Waals surface area contributed by atoms with Crippen molar-refractivity contribution < 1.29 is 29.1 Å². The van der Waals surface area contributed by atoms with E-state index in [1.54, 1.807) is 0 Å². The molecule has 13 heavy (non-hydrogen) atoms. The first-order chi connectivity index (χ1) is 5.46. The first-order valence-corrected chi connectivity index (χ1v) is 4.21. The van der Waals surface area contributed by atoms with Gasteiger partial charge in [-0.25, -0.2) is 0 Å². The Morgan fingerprint density at radius 3 is 0.846 bits per heavy atom. The third-order valence-corrected chi connectivity index (χ3v) is 0. The van der Waals surface area contributed by atoms with Crippen LogP contribution >= 0.6 is 0 Å². The minimum Gasteiger partial charge on any atom is -0.719 e. The summed E-state index contributed by atoms with van der Waals surface area (Å²) < 4.78 is 0. The van der Waals surface area contributed by atoms with Gasteiger partial charge in [-0.1, -0.05) is 27.7 Å². The van der Waals surface area contributed by atoms with Gasteiger partial charge in [0.2, 0.25) is 0 Å². The van der Waals surface area contributed by atoms with Gasteiger partial charge < -0.3 is 46.3 Å². The van der Waals surface area contributed by atoms with Crippen molar-refractivity contribution in [2.45, 2.75) is 27.7 Å². The predicted molar refractivity (Wildman–Crippen MR) is 56.6 cm³/mol. The van der Waals surface area contributed by atoms with Crippen molar-refractivity contribution in [1.82, 2.24) is 0 Å². The average molecular weight is 278 g/mol. The van der Waals surface area contributed by atoms with Crippen LogP contribution in [0.5, 0.6) is 0 Å². The van der Waals surface area contributed by atoms with Crippen LogP contribution in [0.2, 0.25) is 0 Å². The van der Waals surface area contributed by atoms with E-state index >= 15 is 0 Å². The van der Waals surface area contributed by atoms with Gasteiger partial charge in [0, 0.05) is 0 Å². The molecule has 0 bridgehead atoms. The fourth-order valence-electron chi connectivity index (χ4n) is 0. The Morgan fingerprint density at radius 2 is 0.846 bits per heavy atom. The second-order valence-corrected chi connectivity index (χ2v) is 1.44. The number of carbonyl (C=O) groups is 2. The number of hydrogen-bond acceptors (Lipinski definition) is 4. The number of hydrogen-bond donors (Lipinski definition) is 2. The normalized spacial score (nSPS) is 4.62. The average Bonchev–Trinajstić information content (AvgIpc) is 1.93. The van der Waals surface area contributed by atoms with Crippen LogP contribution in [0.15, 0.2) is 0 Å². The maximum atomic E-state index is 9.04. The summed E-state index contributed by atoms with van der Waals surface area (Å²) in [7, 11) is 0. The predicted octanol–water partition coefficient (Wildman–Crippen LogP) is 1.27. The van der Waals surface area contributed by atoms with Crippen LogP contribution in [-0.2, 0) is 44.7 Å². The molecule has 0 unspecified atom stereocenters. The standard InChI is InChI=1S/2C2H6.2CH3NOS.Zn/c2*1-2;2*2-1(3)4;/h2*1-2H3;2*(H3,2,3,4);/q;;;;+2/p-2. The van der Waals surface area contributed by atoms with Gasteiger partial charge in [0.1, 0.15) is 0 Å². The molecule has 0 fully saturated rings. The van der Waals surface area contributed by atoms with Crippen LogP contribution in [-0.4, -0.2) is 10.5 Å². The summed E-state index contributed by atoms with van der Waals surface area (Å²) >= 11 is 7.52. The summed E-state index contributed by atoms with van der Waals surface area (Å²) in [5.74, 6) is 0. The van der Waals surface area contributed by atoms with E-state index in [2.05, 4.69) is 36.7 Å². The Morgan fingerprint density at radius 1 is 0.846 bits per heavy atom. The number of nitrogens with two attached hydrogens (primary N) is 2. The molecule has 0 aliphatic heterocycles. The SMILES string of the molecule is CC.CC.NC(=O)[S-].NC(=O)[S-].[Zn+2]. The molecular weight excluding hydrogens is 262 g/mol. The van der Waals surface area contributed by atoms with Crippen molar-refractivity contribution >= 4 is 35.7 Å². The molecule has 2 amide bonds. The van der Waals surface area contributed by atoms with Crippen LogP contribution in [0.4, 0.5) is 9.59 Å². The molecule has 76 valence electrons. The number of primary amides is 2. The molecule has 0 aliphatic carbocycles. The summed E-state index contributed by atoms with van der Waals surface area (Å²) in [6.45, 7) is 8.00. The first kappa shape index (κ1) is 29.2. The molecule has 0 aromatic rings. The molecule has 0 aromatic heterocycles. The van der Waals surface area contributed by atoms with Crippen molar-refractivity contribution in [3.05, 3.63) is 0 Å². The van der Waals surface area contributed by atoms with Crippen LogP contribution in [0.3, 0.4) is 0 Å². The minimum atomic E-state index is -0.750. The third-order valence-electron chi connectivity index (χ3n) is 0. The second kappa shape index (κ2) is 40.3. The third kappa shape index (κ3) is 105000000. The second-order valence-electron chi connectivity index (χ2n) is 0.638. The molecule has 0 atom stereocenters. The quantitative estimate of drug-likeness (QED) is 0.516. The van der Waals surface area contributed by atoms with E-state index in [0.29, 0.717) is 0 Å². The van der Waals surface area contributed by atoms with Gasteiger partial charge in [-0.2, -0.15) is 0 Å². The fraction of sp³-hybridized carbons (Fsp3) is 0.667. The van der Waals surface area contributed by atoms with Gasteiger partial charge in [-0.05, 0) is 0 Å². The molecule has 0 spiro atoms. The molecule has 0 saturated heterocycles. The Bertz CT molecular complexity index is 84.6. The van der Waals surface area contributed by atoms with Crippen LogP contribution in [0.1, 0.15) is 27.7 Å². The topological polar surface area (TPSA) is 86.2 Å². The van der Waals surface area contributed by atoms with Gasteiger partial charge in [-0.15, -0.1) is 0 Å². The largest absolute Gasteiger partial charge is 2.00 e. The molecule has 7 heteroatoms. The monoisotopic (exact) mass is 276 g/mol. The Balaban J connectivity index is -0.0000000226. The molecule has 0 radical (unpaired) electrons. The number of rotatable bonds is 0. The molecule has 4 nitrogen and oxygen atoms in total. The van der Waals surface area contributed by atoms with E-state index < -0.39 is 10.5 Å². The molecule has 0 heterocycles. The summed E-state index contributed by atoms with van der Waals surface area (Å²) in [6.07, 6.45) is 0. The van der Waals surface area contributed by atoms with Crippen molar-refractivity contribution in [3.63, 3.8) is 0 Å². The summed E-state index contributed by atoms with van der Waals surface area (Å²) in [5, 5.41) is -1.50. The van der Waals surface area contributed by atoms with E-state index in [1.807, 2.05) is 27.7 Å². The summed E-state index contributed by atoms with van der Waals surface area (Å²) in [6, 6.07) is 0. The van der Waals surface area contributed by atoms with Crippen LogP contribution < -0.4 is 11.5 Å². The Hall–Kier alpha value is 0.00338. The van der Waals surface area contributed by atoms with Crippen LogP contribution in [0, 0.1) is 0 Å². The Labute approximate surface area is 104 Å². The smallest absolute Gasteiger partial charge is 0.719 e. The molecular formula is C6H16N2O2S2Zn. The van der Waals surface area contributed by atoms with E-state index in [-0.39, 0.29) is 19.5 Å². The molecule has 0 rings (SSSR count). The van der Waals surface area contributed by atoms with Gasteiger partial charge in [-0.3, -0.25) is 0 Å². The van der Waals surface area contributed by atoms with Gasteiger partial charge in [0.15, 0.2) is 0 Å². The van der Waals surface area contributed by atoms with E-state index in [9.17, 15) is 0 Å². The van der Waals surface area contributed by atoms with Crippen LogP contribution in [0.25, 0.3) is 0 Å². The van der Waals surface area contributed by atoms with Gasteiger partial charge in [0.25, 0.3) is 0 Å². The van der Waals surface area contributed by atoms with E-state index in [0.717, 1.165) is 0 Å². The zero-order valence-corrected chi connectivity index (χ0v) is 13.1. The van der Waals surface area contributed by atoms with E-state index in [1.165, 1.54) is 0 Å². The van der Waals surface area contributed by atoms with Crippen molar-refractivity contribution in [3.8, 4) is 0 Å². The Kier molecular flexibility index (Phi) is 90.7. The number of amides is 2. The first-order valence-electron chi connectivity index (χ1n) is 3.39. The van der Waals surface area contributed by atoms with Gasteiger partial charge >= 0.3 is 19.5 Å². The molecule has 0 aromatic carbocycles. The zero-order valence-electron chi connectivity index (χ0n) is 8.49. The van der Waals surface area contributed by atoms with E-state index in [4.69, 9.17) is 9.59 Å². The fourth-order valence-corrected chi connectivity index (χ4v) is 0.